The van der Waals surface area contributed by atoms with Crippen LogP contribution in [0.3, 0.4) is 0 Å². The Labute approximate surface area is 203 Å². The molecule has 0 atom stereocenters. The third-order valence-electron chi connectivity index (χ3n) is 6.40. The molecule has 6 rings (SSSR count). The number of amides is 2. The predicted octanol–water partition coefficient (Wildman–Crippen LogP) is 4.42. The standard InChI is InChI=1S/C27H25N5O3/c33-27(28-20-8-10-24-25(18-20)35-17-16-34-24)32-14-12-31(13-15-32)26-11-9-23(29-30-26)22-7-3-5-19-4-1-2-6-21(19)22/h1-11,18H,12-17H2,(H,28,33). The SMILES string of the molecule is O=C(Nc1ccc2c(c1)OCCO2)N1CCN(c2ccc(-c3cccc4ccccc34)nn2)CC1. The Balaban J connectivity index is 1.09. The van der Waals surface area contributed by atoms with Crippen LogP contribution in [0.4, 0.5) is 16.3 Å². The zero-order chi connectivity index (χ0) is 23.6. The number of hydrogen-bond acceptors (Lipinski definition) is 6. The fraction of sp³-hybridized carbons (Fsp3) is 0.222. The van der Waals surface area contributed by atoms with Crippen LogP contribution in [0.1, 0.15) is 0 Å². The van der Waals surface area contributed by atoms with Crippen molar-refractivity contribution >= 4 is 28.3 Å². The number of piperazine rings is 1. The Kier molecular flexibility index (Phi) is 5.54. The van der Waals surface area contributed by atoms with Gasteiger partial charge in [-0.1, -0.05) is 42.5 Å². The van der Waals surface area contributed by atoms with Gasteiger partial charge < -0.3 is 24.6 Å². The minimum Gasteiger partial charge on any atom is -0.486 e. The van der Waals surface area contributed by atoms with E-state index >= 15 is 0 Å². The van der Waals surface area contributed by atoms with Gasteiger partial charge in [-0.25, -0.2) is 4.79 Å². The van der Waals surface area contributed by atoms with Crippen LogP contribution in [-0.2, 0) is 0 Å². The highest BCUT2D eigenvalue weighted by Gasteiger charge is 2.23. The smallest absolute Gasteiger partial charge is 0.321 e. The van der Waals surface area contributed by atoms with Gasteiger partial charge in [0.2, 0.25) is 0 Å². The minimum atomic E-state index is -0.126. The highest BCUT2D eigenvalue weighted by atomic mass is 16.6. The molecule has 0 unspecified atom stereocenters. The number of urea groups is 1. The number of nitrogens with one attached hydrogen (secondary N) is 1. The molecule has 2 aliphatic heterocycles. The van der Waals surface area contributed by atoms with Gasteiger partial charge in [0.25, 0.3) is 0 Å². The second-order valence-electron chi connectivity index (χ2n) is 8.57. The molecule has 1 aromatic heterocycles. The Hall–Kier alpha value is -4.33. The van der Waals surface area contributed by atoms with E-state index < -0.39 is 0 Å². The molecule has 0 spiro atoms. The predicted molar refractivity (Wildman–Crippen MR) is 135 cm³/mol. The van der Waals surface area contributed by atoms with Crippen LogP contribution in [-0.4, -0.2) is 60.5 Å². The van der Waals surface area contributed by atoms with E-state index in [0.29, 0.717) is 56.6 Å². The second-order valence-corrected chi connectivity index (χ2v) is 8.57. The first-order valence-corrected chi connectivity index (χ1v) is 11.8. The molecule has 0 saturated carbocycles. The second kappa shape index (κ2) is 9.13. The molecule has 0 radical (unpaired) electrons. The third-order valence-corrected chi connectivity index (χ3v) is 6.40. The number of nitrogens with zero attached hydrogens (tertiary/aromatic N) is 4. The van der Waals surface area contributed by atoms with Crippen molar-refractivity contribution in [3.05, 3.63) is 72.8 Å². The summed E-state index contributed by atoms with van der Waals surface area (Å²) in [6.45, 7) is 3.64. The summed E-state index contributed by atoms with van der Waals surface area (Å²) in [4.78, 5) is 16.8. The number of ether oxygens (including phenoxy) is 2. The fourth-order valence-electron chi connectivity index (χ4n) is 4.55. The van der Waals surface area contributed by atoms with E-state index in [2.05, 4.69) is 44.7 Å². The molecular formula is C27H25N5O3. The number of fused-ring (bicyclic) bond motifs is 2. The summed E-state index contributed by atoms with van der Waals surface area (Å²) in [6, 6.07) is 23.9. The number of anilines is 2. The maximum absolute atomic E-state index is 12.8. The third kappa shape index (κ3) is 4.30. The van der Waals surface area contributed by atoms with Crippen LogP contribution in [0.2, 0.25) is 0 Å². The van der Waals surface area contributed by atoms with Gasteiger partial charge in [0, 0.05) is 43.5 Å². The lowest BCUT2D eigenvalue weighted by Crippen LogP contribution is -2.50. The molecule has 8 heteroatoms. The van der Waals surface area contributed by atoms with Gasteiger partial charge in [-0.3, -0.25) is 0 Å². The molecule has 4 aromatic rings. The molecule has 1 saturated heterocycles. The largest absolute Gasteiger partial charge is 0.486 e. The first-order valence-electron chi connectivity index (χ1n) is 11.8. The molecule has 0 bridgehead atoms. The van der Waals surface area contributed by atoms with E-state index in [-0.39, 0.29) is 6.03 Å². The summed E-state index contributed by atoms with van der Waals surface area (Å²) < 4.78 is 11.1. The van der Waals surface area contributed by atoms with Crippen molar-refractivity contribution in [2.75, 3.05) is 49.6 Å². The summed E-state index contributed by atoms with van der Waals surface area (Å²) in [7, 11) is 0. The van der Waals surface area contributed by atoms with Gasteiger partial charge in [-0.05, 0) is 35.0 Å². The number of hydrogen-bond donors (Lipinski definition) is 1. The average molecular weight is 468 g/mol. The summed E-state index contributed by atoms with van der Waals surface area (Å²) >= 11 is 0. The molecule has 1 N–H and O–H groups in total. The minimum absolute atomic E-state index is 0.126. The maximum atomic E-state index is 12.8. The number of benzene rings is 3. The lowest BCUT2D eigenvalue weighted by Gasteiger charge is -2.35. The molecule has 176 valence electrons. The van der Waals surface area contributed by atoms with Crippen LogP contribution in [0.15, 0.2) is 72.8 Å². The normalized spacial score (nSPS) is 15.2. The van der Waals surface area contributed by atoms with Gasteiger partial charge in [0.15, 0.2) is 17.3 Å². The van der Waals surface area contributed by atoms with Crippen LogP contribution < -0.4 is 19.7 Å². The lowest BCUT2D eigenvalue weighted by molar-refractivity contribution is 0.171. The summed E-state index contributed by atoms with van der Waals surface area (Å²) in [5.41, 5.74) is 2.61. The molecule has 3 heterocycles. The zero-order valence-electron chi connectivity index (χ0n) is 19.2. The summed E-state index contributed by atoms with van der Waals surface area (Å²) in [6.07, 6.45) is 0. The summed E-state index contributed by atoms with van der Waals surface area (Å²) in [5, 5.41) is 14.3. The van der Waals surface area contributed by atoms with Gasteiger partial charge >= 0.3 is 6.03 Å². The van der Waals surface area contributed by atoms with Crippen molar-refractivity contribution in [1.82, 2.24) is 15.1 Å². The average Bonchev–Trinajstić information content (AvgIpc) is 2.93. The molecule has 2 aliphatic rings. The van der Waals surface area contributed by atoms with Crippen LogP contribution in [0, 0.1) is 0 Å². The van der Waals surface area contributed by atoms with Crippen molar-refractivity contribution in [3.63, 3.8) is 0 Å². The van der Waals surface area contributed by atoms with E-state index in [1.165, 1.54) is 5.39 Å². The Bertz CT molecular complexity index is 1360. The first kappa shape index (κ1) is 21.2. The quantitative estimate of drug-likeness (QED) is 0.481. The molecule has 0 aliphatic carbocycles. The van der Waals surface area contributed by atoms with Crippen molar-refractivity contribution in [2.24, 2.45) is 0 Å². The van der Waals surface area contributed by atoms with E-state index in [4.69, 9.17) is 9.47 Å². The highest BCUT2D eigenvalue weighted by molar-refractivity contribution is 5.95. The van der Waals surface area contributed by atoms with Gasteiger partial charge in [0.05, 0.1) is 5.69 Å². The number of aromatic nitrogens is 2. The Morgan fingerprint density at radius 2 is 1.60 bits per heavy atom. The highest BCUT2D eigenvalue weighted by Crippen LogP contribution is 2.33. The van der Waals surface area contributed by atoms with Crippen molar-refractivity contribution in [2.45, 2.75) is 0 Å². The van der Waals surface area contributed by atoms with E-state index in [0.717, 1.165) is 22.5 Å². The summed E-state index contributed by atoms with van der Waals surface area (Å²) in [5.74, 6) is 2.18. The fourth-order valence-corrected chi connectivity index (χ4v) is 4.55. The number of carbonyl (C=O) groups is 1. The van der Waals surface area contributed by atoms with E-state index in [1.54, 1.807) is 6.07 Å². The molecule has 3 aromatic carbocycles. The molecule has 35 heavy (non-hydrogen) atoms. The Morgan fingerprint density at radius 1 is 0.800 bits per heavy atom. The monoisotopic (exact) mass is 467 g/mol. The lowest BCUT2D eigenvalue weighted by atomic mass is 10.0. The molecular weight excluding hydrogens is 442 g/mol. The molecule has 1 fully saturated rings. The first-order chi connectivity index (χ1) is 17.2. The zero-order valence-corrected chi connectivity index (χ0v) is 19.2. The van der Waals surface area contributed by atoms with Crippen LogP contribution in [0.25, 0.3) is 22.0 Å². The van der Waals surface area contributed by atoms with Crippen molar-refractivity contribution in [3.8, 4) is 22.8 Å². The van der Waals surface area contributed by atoms with Gasteiger partial charge in [-0.2, -0.15) is 0 Å². The topological polar surface area (TPSA) is 79.8 Å². The molecule has 8 nitrogen and oxygen atoms in total. The van der Waals surface area contributed by atoms with E-state index in [1.807, 2.05) is 47.4 Å². The van der Waals surface area contributed by atoms with Crippen LogP contribution in [0.5, 0.6) is 11.5 Å². The Morgan fingerprint density at radius 3 is 2.43 bits per heavy atom. The van der Waals surface area contributed by atoms with Crippen LogP contribution >= 0.6 is 0 Å². The van der Waals surface area contributed by atoms with Crippen molar-refractivity contribution < 1.29 is 14.3 Å². The number of carbonyl (C=O) groups excluding carboxylic acids is 1. The molecule has 2 amide bonds. The number of rotatable bonds is 3. The van der Waals surface area contributed by atoms with Gasteiger partial charge in [-0.15, -0.1) is 10.2 Å². The van der Waals surface area contributed by atoms with E-state index in [9.17, 15) is 4.79 Å². The van der Waals surface area contributed by atoms with Gasteiger partial charge in [0.1, 0.15) is 13.2 Å². The maximum Gasteiger partial charge on any atom is 0.321 e. The van der Waals surface area contributed by atoms with Crippen molar-refractivity contribution in [1.29, 1.82) is 0 Å².